The number of hydrogen-bond acceptors (Lipinski definition) is 4. The molecular weight excluding hydrogens is 304 g/mol. The number of ether oxygens (including phenoxy) is 2. The molecule has 1 heterocycles. The van der Waals surface area contributed by atoms with Gasteiger partial charge in [-0.2, -0.15) is 0 Å². The van der Waals surface area contributed by atoms with Gasteiger partial charge in [0.15, 0.2) is 0 Å². The maximum Gasteiger partial charge on any atom is 0.243 e. The standard InChI is InChI=1S/C19H22N2O3/c1-23-18-8-7-16(21-19(22)17-13-24-10-9-20-17)12-15(18)11-14-5-3-2-4-6-14/h2-8,12,17,20H,9-11,13H2,1H3,(H,21,22)/t17-/m1/s1. The van der Waals surface area contributed by atoms with Crippen molar-refractivity contribution in [2.45, 2.75) is 12.5 Å². The molecule has 1 aliphatic rings. The van der Waals surface area contributed by atoms with E-state index in [1.165, 1.54) is 5.56 Å². The van der Waals surface area contributed by atoms with Crippen molar-refractivity contribution in [3.8, 4) is 5.75 Å². The fourth-order valence-electron chi connectivity index (χ4n) is 2.77. The lowest BCUT2D eigenvalue weighted by Crippen LogP contribution is -2.48. The third-order valence-electron chi connectivity index (χ3n) is 4.02. The molecule has 0 unspecified atom stereocenters. The van der Waals surface area contributed by atoms with Gasteiger partial charge in [-0.05, 0) is 23.8 Å². The van der Waals surface area contributed by atoms with E-state index in [2.05, 4.69) is 22.8 Å². The molecule has 1 atom stereocenters. The average molecular weight is 326 g/mol. The van der Waals surface area contributed by atoms with Crippen LogP contribution in [0.4, 0.5) is 5.69 Å². The van der Waals surface area contributed by atoms with E-state index in [1.54, 1.807) is 7.11 Å². The van der Waals surface area contributed by atoms with E-state index in [0.717, 1.165) is 23.4 Å². The predicted molar refractivity (Wildman–Crippen MR) is 93.5 cm³/mol. The van der Waals surface area contributed by atoms with Crippen LogP contribution in [0.25, 0.3) is 0 Å². The molecule has 1 saturated heterocycles. The van der Waals surface area contributed by atoms with Gasteiger partial charge in [0.2, 0.25) is 5.91 Å². The van der Waals surface area contributed by atoms with Crippen LogP contribution in [0.5, 0.6) is 5.75 Å². The molecule has 3 rings (SSSR count). The van der Waals surface area contributed by atoms with E-state index in [1.807, 2.05) is 36.4 Å². The highest BCUT2D eigenvalue weighted by atomic mass is 16.5. The zero-order valence-corrected chi connectivity index (χ0v) is 13.7. The van der Waals surface area contributed by atoms with Crippen molar-refractivity contribution < 1.29 is 14.3 Å². The second-order valence-corrected chi connectivity index (χ2v) is 5.76. The molecule has 126 valence electrons. The van der Waals surface area contributed by atoms with Gasteiger partial charge in [-0.25, -0.2) is 0 Å². The first kappa shape index (κ1) is 16.5. The third-order valence-corrected chi connectivity index (χ3v) is 4.02. The third kappa shape index (κ3) is 4.13. The Kier molecular flexibility index (Phi) is 5.46. The lowest BCUT2D eigenvalue weighted by molar-refractivity contribution is -0.120. The van der Waals surface area contributed by atoms with Gasteiger partial charge < -0.3 is 20.1 Å². The number of methoxy groups -OCH3 is 1. The van der Waals surface area contributed by atoms with Crippen molar-refractivity contribution in [3.63, 3.8) is 0 Å². The monoisotopic (exact) mass is 326 g/mol. The van der Waals surface area contributed by atoms with Gasteiger partial charge in [0.05, 0.1) is 20.3 Å². The second-order valence-electron chi connectivity index (χ2n) is 5.76. The summed E-state index contributed by atoms with van der Waals surface area (Å²) in [6.45, 7) is 1.74. The van der Waals surface area contributed by atoms with Gasteiger partial charge in [-0.1, -0.05) is 30.3 Å². The molecule has 24 heavy (non-hydrogen) atoms. The van der Waals surface area contributed by atoms with Crippen LogP contribution in [0.3, 0.4) is 0 Å². The van der Waals surface area contributed by atoms with Crippen LogP contribution in [0, 0.1) is 0 Å². The smallest absolute Gasteiger partial charge is 0.243 e. The topological polar surface area (TPSA) is 59.6 Å². The Bertz CT molecular complexity index is 682. The molecule has 0 aromatic heterocycles. The van der Waals surface area contributed by atoms with Gasteiger partial charge in [-0.3, -0.25) is 4.79 Å². The van der Waals surface area contributed by atoms with Crippen LogP contribution in [0.1, 0.15) is 11.1 Å². The van der Waals surface area contributed by atoms with Crippen molar-refractivity contribution in [1.29, 1.82) is 0 Å². The predicted octanol–water partition coefficient (Wildman–Crippen LogP) is 2.21. The second kappa shape index (κ2) is 7.95. The first-order valence-electron chi connectivity index (χ1n) is 8.09. The fraction of sp³-hybridized carbons (Fsp3) is 0.316. The Labute approximate surface area is 142 Å². The number of morpholine rings is 1. The first-order valence-corrected chi connectivity index (χ1v) is 8.09. The summed E-state index contributed by atoms with van der Waals surface area (Å²) in [5.41, 5.74) is 3.00. The highest BCUT2D eigenvalue weighted by Crippen LogP contribution is 2.25. The van der Waals surface area contributed by atoms with Crippen LogP contribution < -0.4 is 15.4 Å². The van der Waals surface area contributed by atoms with Crippen LogP contribution in [-0.2, 0) is 16.0 Å². The minimum atomic E-state index is -0.307. The van der Waals surface area contributed by atoms with E-state index < -0.39 is 0 Å². The van der Waals surface area contributed by atoms with Crippen LogP contribution in [0.15, 0.2) is 48.5 Å². The molecular formula is C19H22N2O3. The van der Waals surface area contributed by atoms with Crippen molar-refractivity contribution in [2.75, 3.05) is 32.2 Å². The summed E-state index contributed by atoms with van der Waals surface area (Å²) >= 11 is 0. The Morgan fingerprint density at radius 1 is 1.29 bits per heavy atom. The zero-order valence-electron chi connectivity index (χ0n) is 13.7. The molecule has 2 aromatic carbocycles. The zero-order chi connectivity index (χ0) is 16.8. The SMILES string of the molecule is COc1ccc(NC(=O)[C@H]2COCCN2)cc1Cc1ccccc1. The van der Waals surface area contributed by atoms with Crippen LogP contribution in [-0.4, -0.2) is 38.8 Å². The summed E-state index contributed by atoms with van der Waals surface area (Å²) in [4.78, 5) is 12.3. The Balaban J connectivity index is 1.74. The molecule has 0 saturated carbocycles. The lowest BCUT2D eigenvalue weighted by atomic mass is 10.0. The molecule has 0 radical (unpaired) electrons. The van der Waals surface area contributed by atoms with Gasteiger partial charge in [0, 0.05) is 24.2 Å². The molecule has 0 bridgehead atoms. The Morgan fingerprint density at radius 3 is 2.83 bits per heavy atom. The van der Waals surface area contributed by atoms with Gasteiger partial charge in [0.1, 0.15) is 11.8 Å². The largest absolute Gasteiger partial charge is 0.496 e. The molecule has 1 amide bonds. The summed E-state index contributed by atoms with van der Waals surface area (Å²) in [5.74, 6) is 0.738. The number of nitrogens with one attached hydrogen (secondary N) is 2. The highest BCUT2D eigenvalue weighted by molar-refractivity contribution is 5.95. The quantitative estimate of drug-likeness (QED) is 0.884. The van der Waals surface area contributed by atoms with E-state index in [9.17, 15) is 4.79 Å². The van der Waals surface area contributed by atoms with Crippen molar-refractivity contribution in [3.05, 3.63) is 59.7 Å². The van der Waals surface area contributed by atoms with Crippen LogP contribution in [0.2, 0.25) is 0 Å². The summed E-state index contributed by atoms with van der Waals surface area (Å²) in [5, 5.41) is 6.11. The lowest BCUT2D eigenvalue weighted by Gasteiger charge is -2.23. The average Bonchev–Trinajstić information content (AvgIpc) is 2.63. The fourth-order valence-corrected chi connectivity index (χ4v) is 2.77. The number of hydrogen-bond donors (Lipinski definition) is 2. The highest BCUT2D eigenvalue weighted by Gasteiger charge is 2.21. The van der Waals surface area contributed by atoms with Crippen molar-refractivity contribution in [2.24, 2.45) is 0 Å². The van der Waals surface area contributed by atoms with E-state index >= 15 is 0 Å². The van der Waals surface area contributed by atoms with Crippen molar-refractivity contribution >= 4 is 11.6 Å². The summed E-state index contributed by atoms with van der Waals surface area (Å²) in [6.07, 6.45) is 0.749. The molecule has 2 aromatic rings. The number of amides is 1. The van der Waals surface area contributed by atoms with Gasteiger partial charge >= 0.3 is 0 Å². The molecule has 5 heteroatoms. The minimum Gasteiger partial charge on any atom is -0.496 e. The molecule has 1 aliphatic heterocycles. The molecule has 5 nitrogen and oxygen atoms in total. The van der Waals surface area contributed by atoms with Crippen LogP contribution >= 0.6 is 0 Å². The maximum atomic E-state index is 12.3. The van der Waals surface area contributed by atoms with E-state index in [4.69, 9.17) is 9.47 Å². The molecule has 2 N–H and O–H groups in total. The summed E-state index contributed by atoms with van der Waals surface area (Å²) < 4.78 is 10.8. The van der Waals surface area contributed by atoms with Crippen molar-refractivity contribution in [1.82, 2.24) is 5.32 Å². The summed E-state index contributed by atoms with van der Waals surface area (Å²) in [6, 6.07) is 15.6. The number of carbonyl (C=O) groups excluding carboxylic acids is 1. The number of benzene rings is 2. The van der Waals surface area contributed by atoms with E-state index in [-0.39, 0.29) is 11.9 Å². The number of carbonyl (C=O) groups is 1. The Hall–Kier alpha value is -2.37. The van der Waals surface area contributed by atoms with Gasteiger partial charge in [-0.15, -0.1) is 0 Å². The number of anilines is 1. The Morgan fingerprint density at radius 2 is 2.12 bits per heavy atom. The molecule has 0 spiro atoms. The minimum absolute atomic E-state index is 0.0782. The maximum absolute atomic E-state index is 12.3. The molecule has 0 aliphatic carbocycles. The van der Waals surface area contributed by atoms with E-state index in [0.29, 0.717) is 19.8 Å². The number of rotatable bonds is 5. The first-order chi connectivity index (χ1) is 11.8. The molecule has 1 fully saturated rings. The summed E-state index contributed by atoms with van der Waals surface area (Å²) in [7, 11) is 1.66. The normalized spacial score (nSPS) is 17.3. The van der Waals surface area contributed by atoms with Gasteiger partial charge in [0.25, 0.3) is 0 Å².